The Morgan fingerprint density at radius 2 is 1.52 bits per heavy atom. The SMILES string of the molecule is CCOC(=O)CCc1ccc(C(CC)(CC)c2ccc(O)c(CN)c2)cc1CN. The van der Waals surface area contributed by atoms with E-state index < -0.39 is 0 Å². The van der Waals surface area contributed by atoms with Crippen molar-refractivity contribution in [3.8, 4) is 5.75 Å². The maximum atomic E-state index is 11.7. The van der Waals surface area contributed by atoms with E-state index in [0.29, 0.717) is 32.5 Å². The van der Waals surface area contributed by atoms with E-state index >= 15 is 0 Å². The maximum absolute atomic E-state index is 11.7. The number of aromatic hydroxyl groups is 1. The standard InChI is InChI=1S/C24H34N2O3/c1-4-24(5-2,21-10-11-22(27)19(14-21)16-26)20-9-7-17(18(13-20)15-25)8-12-23(28)29-6-3/h7,9-11,13-14,27H,4-6,8,12,15-16,25-26H2,1-3H3. The predicted octanol–water partition coefficient (Wildman–Crippen LogP) is 3.91. The summed E-state index contributed by atoms with van der Waals surface area (Å²) in [5, 5.41) is 10.0. The van der Waals surface area contributed by atoms with Crippen LogP contribution in [0.3, 0.4) is 0 Å². The second kappa shape index (κ2) is 10.4. The summed E-state index contributed by atoms with van der Waals surface area (Å²) in [7, 11) is 0. The van der Waals surface area contributed by atoms with Gasteiger partial charge in [0, 0.05) is 30.5 Å². The minimum atomic E-state index is -0.193. The number of phenols is 1. The number of esters is 1. The van der Waals surface area contributed by atoms with Gasteiger partial charge in [-0.1, -0.05) is 38.1 Å². The highest BCUT2D eigenvalue weighted by Gasteiger charge is 2.31. The van der Waals surface area contributed by atoms with Crippen LogP contribution in [0.4, 0.5) is 0 Å². The van der Waals surface area contributed by atoms with E-state index in [2.05, 4.69) is 32.0 Å². The van der Waals surface area contributed by atoms with Crippen LogP contribution in [0.25, 0.3) is 0 Å². The first-order chi connectivity index (χ1) is 13.9. The maximum Gasteiger partial charge on any atom is 0.306 e. The van der Waals surface area contributed by atoms with E-state index in [-0.39, 0.29) is 17.1 Å². The number of nitrogens with two attached hydrogens (primary N) is 2. The van der Waals surface area contributed by atoms with E-state index in [1.54, 1.807) is 6.07 Å². The molecule has 2 aromatic rings. The number of rotatable bonds is 10. The summed E-state index contributed by atoms with van der Waals surface area (Å²) < 4.78 is 5.04. The molecule has 0 heterocycles. The zero-order valence-corrected chi connectivity index (χ0v) is 17.8. The number of hydrogen-bond donors (Lipinski definition) is 3. The molecule has 2 rings (SSSR count). The first-order valence-corrected chi connectivity index (χ1v) is 10.5. The second-order valence-electron chi connectivity index (χ2n) is 7.33. The molecule has 0 saturated heterocycles. The van der Waals surface area contributed by atoms with E-state index in [4.69, 9.17) is 16.2 Å². The van der Waals surface area contributed by atoms with E-state index in [1.807, 2.05) is 19.1 Å². The first-order valence-electron chi connectivity index (χ1n) is 10.5. The fourth-order valence-corrected chi connectivity index (χ4v) is 4.11. The highest BCUT2D eigenvalue weighted by Crippen LogP contribution is 2.41. The molecule has 0 aliphatic carbocycles. The van der Waals surface area contributed by atoms with Gasteiger partial charge in [0.2, 0.25) is 0 Å². The molecule has 0 aliphatic heterocycles. The van der Waals surface area contributed by atoms with Gasteiger partial charge >= 0.3 is 5.97 Å². The molecule has 0 radical (unpaired) electrons. The Morgan fingerprint density at radius 3 is 2.07 bits per heavy atom. The van der Waals surface area contributed by atoms with Crippen molar-refractivity contribution in [2.45, 2.75) is 65.0 Å². The number of phenolic OH excluding ortho intramolecular Hbond substituents is 1. The Kier molecular flexibility index (Phi) is 8.23. The van der Waals surface area contributed by atoms with Crippen molar-refractivity contribution in [1.29, 1.82) is 0 Å². The third-order valence-electron chi connectivity index (χ3n) is 5.94. The molecule has 0 amide bonds. The summed E-state index contributed by atoms with van der Waals surface area (Å²) in [4.78, 5) is 11.7. The van der Waals surface area contributed by atoms with Gasteiger partial charge in [-0.05, 0) is 60.6 Å². The molecule has 0 saturated carbocycles. The predicted molar refractivity (Wildman–Crippen MR) is 117 cm³/mol. The van der Waals surface area contributed by atoms with Gasteiger partial charge in [-0.15, -0.1) is 0 Å². The minimum absolute atomic E-state index is 0.186. The summed E-state index contributed by atoms with van der Waals surface area (Å²) in [6, 6.07) is 12.1. The van der Waals surface area contributed by atoms with Crippen LogP contribution in [-0.2, 0) is 34.5 Å². The lowest BCUT2D eigenvalue weighted by molar-refractivity contribution is -0.143. The van der Waals surface area contributed by atoms with Crippen LogP contribution in [-0.4, -0.2) is 17.7 Å². The molecular weight excluding hydrogens is 364 g/mol. The molecule has 5 heteroatoms. The number of carbonyl (C=O) groups excluding carboxylic acids is 1. The third kappa shape index (κ3) is 4.98. The summed E-state index contributed by atoms with van der Waals surface area (Å²) in [5.41, 5.74) is 16.9. The highest BCUT2D eigenvalue weighted by molar-refractivity contribution is 5.69. The molecule has 0 aromatic heterocycles. The number of aryl methyl sites for hydroxylation is 1. The monoisotopic (exact) mass is 398 g/mol. The lowest BCUT2D eigenvalue weighted by Crippen LogP contribution is -2.27. The van der Waals surface area contributed by atoms with E-state index in [1.165, 1.54) is 5.56 Å². The first kappa shape index (κ1) is 22.9. The summed E-state index contributed by atoms with van der Waals surface area (Å²) in [6.07, 6.45) is 2.78. The molecule has 0 bridgehead atoms. The molecule has 2 aromatic carbocycles. The summed E-state index contributed by atoms with van der Waals surface area (Å²) >= 11 is 0. The number of ether oxygens (including phenoxy) is 1. The van der Waals surface area contributed by atoms with Gasteiger partial charge in [0.25, 0.3) is 0 Å². The molecule has 0 fully saturated rings. The van der Waals surface area contributed by atoms with Gasteiger partial charge in [-0.3, -0.25) is 4.79 Å². The molecule has 5 nitrogen and oxygen atoms in total. The lowest BCUT2D eigenvalue weighted by atomic mass is 9.69. The molecule has 0 atom stereocenters. The van der Waals surface area contributed by atoms with Crippen molar-refractivity contribution in [1.82, 2.24) is 0 Å². The minimum Gasteiger partial charge on any atom is -0.508 e. The molecule has 0 aliphatic rings. The summed E-state index contributed by atoms with van der Waals surface area (Å²) in [5.74, 6) is 0.0451. The number of carbonyl (C=O) groups is 1. The van der Waals surface area contributed by atoms with Gasteiger partial charge in [-0.2, -0.15) is 0 Å². The molecule has 0 spiro atoms. The Labute approximate surface area is 174 Å². The van der Waals surface area contributed by atoms with Crippen LogP contribution in [0.15, 0.2) is 36.4 Å². The second-order valence-corrected chi connectivity index (χ2v) is 7.33. The van der Waals surface area contributed by atoms with Crippen molar-refractivity contribution in [2.24, 2.45) is 11.5 Å². The largest absolute Gasteiger partial charge is 0.508 e. The highest BCUT2D eigenvalue weighted by atomic mass is 16.5. The van der Waals surface area contributed by atoms with Crippen molar-refractivity contribution in [2.75, 3.05) is 6.61 Å². The van der Waals surface area contributed by atoms with Crippen LogP contribution in [0.2, 0.25) is 0 Å². The topological polar surface area (TPSA) is 98.6 Å². The Hall–Kier alpha value is -2.37. The molecule has 29 heavy (non-hydrogen) atoms. The van der Waals surface area contributed by atoms with Crippen LogP contribution in [0.5, 0.6) is 5.75 Å². The van der Waals surface area contributed by atoms with Crippen LogP contribution >= 0.6 is 0 Å². The average molecular weight is 399 g/mol. The van der Waals surface area contributed by atoms with Gasteiger partial charge in [0.1, 0.15) is 5.75 Å². The fraction of sp³-hybridized carbons (Fsp3) is 0.458. The zero-order chi connectivity index (χ0) is 21.4. The number of benzene rings is 2. The summed E-state index contributed by atoms with van der Waals surface area (Å²) in [6.45, 7) is 7.27. The normalized spacial score (nSPS) is 11.5. The Bertz CT molecular complexity index is 829. The quantitative estimate of drug-likeness (QED) is 0.527. The molecule has 0 unspecified atom stereocenters. The Balaban J connectivity index is 2.44. The van der Waals surface area contributed by atoms with E-state index in [9.17, 15) is 9.90 Å². The van der Waals surface area contributed by atoms with Crippen molar-refractivity contribution in [3.05, 3.63) is 64.2 Å². The smallest absolute Gasteiger partial charge is 0.306 e. The van der Waals surface area contributed by atoms with Crippen LogP contribution < -0.4 is 11.5 Å². The zero-order valence-electron chi connectivity index (χ0n) is 17.8. The van der Waals surface area contributed by atoms with Gasteiger partial charge < -0.3 is 21.3 Å². The molecule has 5 N–H and O–H groups in total. The lowest BCUT2D eigenvalue weighted by Gasteiger charge is -2.34. The molecule has 158 valence electrons. The number of hydrogen-bond acceptors (Lipinski definition) is 5. The Morgan fingerprint density at radius 1 is 0.931 bits per heavy atom. The van der Waals surface area contributed by atoms with Crippen molar-refractivity contribution >= 4 is 5.97 Å². The van der Waals surface area contributed by atoms with Crippen LogP contribution in [0, 0.1) is 0 Å². The van der Waals surface area contributed by atoms with E-state index in [0.717, 1.165) is 35.1 Å². The van der Waals surface area contributed by atoms with Gasteiger partial charge in [0.15, 0.2) is 0 Å². The van der Waals surface area contributed by atoms with Crippen molar-refractivity contribution in [3.63, 3.8) is 0 Å². The van der Waals surface area contributed by atoms with Crippen LogP contribution in [0.1, 0.15) is 67.9 Å². The average Bonchev–Trinajstić information content (AvgIpc) is 2.74. The fourth-order valence-electron chi connectivity index (χ4n) is 4.11. The third-order valence-corrected chi connectivity index (χ3v) is 5.94. The van der Waals surface area contributed by atoms with Gasteiger partial charge in [0.05, 0.1) is 6.61 Å². The van der Waals surface area contributed by atoms with Gasteiger partial charge in [-0.25, -0.2) is 0 Å². The van der Waals surface area contributed by atoms with Crippen molar-refractivity contribution < 1.29 is 14.6 Å². The molecular formula is C24H34N2O3.